The van der Waals surface area contributed by atoms with Crippen molar-refractivity contribution in [1.29, 1.82) is 0 Å². The van der Waals surface area contributed by atoms with E-state index >= 15 is 0 Å². The third kappa shape index (κ3) is 2.00. The maximum atomic E-state index is 13.9. The first kappa shape index (κ1) is 13.7. The van der Waals surface area contributed by atoms with Crippen molar-refractivity contribution in [1.82, 2.24) is 10.2 Å². The summed E-state index contributed by atoms with van der Waals surface area (Å²) in [6.45, 7) is 1.21. The van der Waals surface area contributed by atoms with Gasteiger partial charge in [-0.05, 0) is 25.0 Å². The van der Waals surface area contributed by atoms with Crippen molar-refractivity contribution >= 4 is 17.7 Å². The zero-order valence-electron chi connectivity index (χ0n) is 11.2. The van der Waals surface area contributed by atoms with E-state index in [2.05, 4.69) is 5.32 Å². The van der Waals surface area contributed by atoms with E-state index in [1.54, 1.807) is 0 Å². The van der Waals surface area contributed by atoms with Gasteiger partial charge in [-0.2, -0.15) is 0 Å². The first-order chi connectivity index (χ1) is 9.90. The van der Waals surface area contributed by atoms with Crippen molar-refractivity contribution < 1.29 is 23.2 Å². The first-order valence-corrected chi connectivity index (χ1v) is 6.52. The standard InChI is InChI=1S/C14H12F2N2O3/c1-6-4-7-8(12(16)11(6)15)5-18(14(7)21)9-2-3-10(19)17-13(9)20/h4,9H,2-3,5H2,1H3,(H,17,19,20)/t9-/m0/s1. The Bertz CT molecular complexity index is 687. The van der Waals surface area contributed by atoms with E-state index in [0.717, 1.165) is 0 Å². The molecule has 5 nitrogen and oxygen atoms in total. The third-order valence-electron chi connectivity index (χ3n) is 3.90. The highest BCUT2D eigenvalue weighted by Crippen LogP contribution is 2.31. The van der Waals surface area contributed by atoms with Crippen LogP contribution in [0.2, 0.25) is 0 Å². The zero-order valence-corrected chi connectivity index (χ0v) is 11.2. The number of fused-ring (bicyclic) bond motifs is 1. The molecule has 1 N–H and O–H groups in total. The van der Waals surface area contributed by atoms with Crippen LogP contribution in [0.25, 0.3) is 0 Å². The number of imide groups is 1. The van der Waals surface area contributed by atoms with Gasteiger partial charge >= 0.3 is 0 Å². The van der Waals surface area contributed by atoms with Gasteiger partial charge in [-0.1, -0.05) is 0 Å². The minimum atomic E-state index is -1.05. The fourth-order valence-electron chi connectivity index (χ4n) is 2.76. The second-order valence-corrected chi connectivity index (χ2v) is 5.25. The van der Waals surface area contributed by atoms with E-state index in [9.17, 15) is 23.2 Å². The summed E-state index contributed by atoms with van der Waals surface area (Å²) in [5.41, 5.74) is 0.0913. The number of piperidine rings is 1. The van der Waals surface area contributed by atoms with Gasteiger partial charge in [0.2, 0.25) is 11.8 Å². The van der Waals surface area contributed by atoms with Crippen LogP contribution in [0.1, 0.15) is 34.3 Å². The van der Waals surface area contributed by atoms with Crippen LogP contribution < -0.4 is 5.32 Å². The van der Waals surface area contributed by atoms with E-state index < -0.39 is 35.4 Å². The average Bonchev–Trinajstić information content (AvgIpc) is 2.74. The van der Waals surface area contributed by atoms with Gasteiger partial charge in [-0.25, -0.2) is 8.78 Å². The number of nitrogens with zero attached hydrogens (tertiary/aromatic N) is 1. The van der Waals surface area contributed by atoms with Crippen LogP contribution in [0.5, 0.6) is 0 Å². The van der Waals surface area contributed by atoms with Crippen LogP contribution in [-0.2, 0) is 16.1 Å². The summed E-state index contributed by atoms with van der Waals surface area (Å²) >= 11 is 0. The highest BCUT2D eigenvalue weighted by atomic mass is 19.2. The summed E-state index contributed by atoms with van der Waals surface area (Å²) in [7, 11) is 0. The van der Waals surface area contributed by atoms with E-state index in [0.29, 0.717) is 0 Å². The summed E-state index contributed by atoms with van der Waals surface area (Å²) in [5, 5.41) is 2.15. The molecule has 1 aromatic rings. The SMILES string of the molecule is Cc1cc2c(c(F)c1F)CN([C@H]1CCC(=O)NC1=O)C2=O. The minimum absolute atomic E-state index is 0.0344. The molecule has 2 aliphatic rings. The molecule has 2 heterocycles. The molecular weight excluding hydrogens is 282 g/mol. The Hall–Kier alpha value is -2.31. The lowest BCUT2D eigenvalue weighted by molar-refractivity contribution is -0.136. The molecule has 0 radical (unpaired) electrons. The number of nitrogens with one attached hydrogen (secondary N) is 1. The molecule has 3 amide bonds. The van der Waals surface area contributed by atoms with Crippen LogP contribution >= 0.6 is 0 Å². The van der Waals surface area contributed by atoms with Gasteiger partial charge in [0.05, 0.1) is 6.54 Å². The van der Waals surface area contributed by atoms with Crippen LogP contribution in [0, 0.1) is 18.6 Å². The number of benzene rings is 1. The smallest absolute Gasteiger partial charge is 0.255 e. The average molecular weight is 294 g/mol. The molecule has 110 valence electrons. The second kappa shape index (κ2) is 4.61. The number of hydrogen-bond acceptors (Lipinski definition) is 3. The molecule has 1 fully saturated rings. The highest BCUT2D eigenvalue weighted by Gasteiger charge is 2.40. The number of amides is 3. The Labute approximate surface area is 118 Å². The molecule has 0 spiro atoms. The quantitative estimate of drug-likeness (QED) is 0.787. The Kier molecular flexibility index (Phi) is 3.00. The summed E-state index contributed by atoms with van der Waals surface area (Å²) in [4.78, 5) is 36.4. The molecule has 1 aromatic carbocycles. The lowest BCUT2D eigenvalue weighted by Crippen LogP contribution is -2.52. The Morgan fingerprint density at radius 3 is 2.62 bits per heavy atom. The fourth-order valence-corrected chi connectivity index (χ4v) is 2.76. The monoisotopic (exact) mass is 294 g/mol. The van der Waals surface area contributed by atoms with E-state index in [1.807, 2.05) is 0 Å². The lowest BCUT2D eigenvalue weighted by Gasteiger charge is -2.29. The molecule has 0 unspecified atom stereocenters. The molecule has 1 atom stereocenters. The van der Waals surface area contributed by atoms with E-state index in [1.165, 1.54) is 17.9 Å². The minimum Gasteiger partial charge on any atom is -0.322 e. The number of carbonyl (C=O) groups excluding carboxylic acids is 3. The summed E-state index contributed by atoms with van der Waals surface area (Å²) in [5.74, 6) is -3.51. The molecule has 21 heavy (non-hydrogen) atoms. The Morgan fingerprint density at radius 2 is 1.95 bits per heavy atom. The lowest BCUT2D eigenvalue weighted by atomic mass is 10.0. The molecule has 0 saturated carbocycles. The van der Waals surface area contributed by atoms with E-state index in [4.69, 9.17) is 0 Å². The predicted molar refractivity (Wildman–Crippen MR) is 67.1 cm³/mol. The van der Waals surface area contributed by atoms with Crippen molar-refractivity contribution in [3.63, 3.8) is 0 Å². The van der Waals surface area contributed by atoms with Gasteiger partial charge in [0.15, 0.2) is 11.6 Å². The molecule has 0 aliphatic carbocycles. The Morgan fingerprint density at radius 1 is 1.24 bits per heavy atom. The van der Waals surface area contributed by atoms with E-state index in [-0.39, 0.29) is 36.1 Å². The summed E-state index contributed by atoms with van der Waals surface area (Å²) < 4.78 is 27.5. The first-order valence-electron chi connectivity index (χ1n) is 6.52. The molecule has 0 aromatic heterocycles. The predicted octanol–water partition coefficient (Wildman–Crippen LogP) is 1.03. The number of carbonyl (C=O) groups is 3. The van der Waals surface area contributed by atoms with Gasteiger partial charge in [-0.3, -0.25) is 19.7 Å². The normalized spacial score (nSPS) is 21.6. The number of halogens is 2. The number of hydrogen-bond donors (Lipinski definition) is 1. The van der Waals surface area contributed by atoms with Crippen LogP contribution in [-0.4, -0.2) is 28.7 Å². The molecule has 7 heteroatoms. The fraction of sp³-hybridized carbons (Fsp3) is 0.357. The maximum Gasteiger partial charge on any atom is 0.255 e. The summed E-state index contributed by atoms with van der Waals surface area (Å²) in [6, 6.07) is 0.465. The van der Waals surface area contributed by atoms with Crippen molar-refractivity contribution in [2.24, 2.45) is 0 Å². The largest absolute Gasteiger partial charge is 0.322 e. The van der Waals surface area contributed by atoms with Crippen molar-refractivity contribution in [3.8, 4) is 0 Å². The molecule has 0 bridgehead atoms. The third-order valence-corrected chi connectivity index (χ3v) is 3.90. The molecule has 1 saturated heterocycles. The Balaban J connectivity index is 1.96. The van der Waals surface area contributed by atoms with Crippen LogP contribution in [0.15, 0.2) is 6.07 Å². The topological polar surface area (TPSA) is 66.5 Å². The maximum absolute atomic E-state index is 13.9. The molecule has 2 aliphatic heterocycles. The number of aryl methyl sites for hydroxylation is 1. The van der Waals surface area contributed by atoms with Gasteiger partial charge in [-0.15, -0.1) is 0 Å². The van der Waals surface area contributed by atoms with Gasteiger partial charge < -0.3 is 4.90 Å². The van der Waals surface area contributed by atoms with Crippen molar-refractivity contribution in [2.45, 2.75) is 32.4 Å². The molecule has 3 rings (SSSR count). The van der Waals surface area contributed by atoms with Gasteiger partial charge in [0, 0.05) is 17.5 Å². The van der Waals surface area contributed by atoms with Gasteiger partial charge in [0.25, 0.3) is 5.91 Å². The molecular formula is C14H12F2N2O3. The van der Waals surface area contributed by atoms with Crippen molar-refractivity contribution in [2.75, 3.05) is 0 Å². The van der Waals surface area contributed by atoms with Gasteiger partial charge in [0.1, 0.15) is 6.04 Å². The van der Waals surface area contributed by atoms with Crippen molar-refractivity contribution in [3.05, 3.63) is 34.4 Å². The van der Waals surface area contributed by atoms with Crippen LogP contribution in [0.4, 0.5) is 8.78 Å². The second-order valence-electron chi connectivity index (χ2n) is 5.25. The van der Waals surface area contributed by atoms with Crippen LogP contribution in [0.3, 0.4) is 0 Å². The highest BCUT2D eigenvalue weighted by molar-refractivity contribution is 6.05. The summed E-state index contributed by atoms with van der Waals surface area (Å²) in [6.07, 6.45) is 0.305. The number of rotatable bonds is 1. The zero-order chi connectivity index (χ0) is 15.3.